The third kappa shape index (κ3) is 5.52. The fourth-order valence-corrected chi connectivity index (χ4v) is 3.00. The zero-order valence-electron chi connectivity index (χ0n) is 14.1. The number of nitrogens with zero attached hydrogens (tertiary/aromatic N) is 1. The van der Waals surface area contributed by atoms with E-state index in [1.165, 1.54) is 0 Å². The summed E-state index contributed by atoms with van der Waals surface area (Å²) in [7, 11) is 3.28. The summed E-state index contributed by atoms with van der Waals surface area (Å²) in [6, 6.07) is 9.98. The van der Waals surface area contributed by atoms with Crippen molar-refractivity contribution in [1.82, 2.24) is 4.90 Å². The molecule has 1 saturated heterocycles. The Bertz CT molecular complexity index is 461. The molecule has 5 heteroatoms. The number of benzene rings is 1. The van der Waals surface area contributed by atoms with Gasteiger partial charge in [0.25, 0.3) is 0 Å². The number of likely N-dealkylation sites (tertiary alicyclic amines) is 1. The number of hydrogen-bond donors (Lipinski definition) is 0. The lowest BCUT2D eigenvalue weighted by molar-refractivity contribution is -0.109. The number of carbonyl (C=O) groups is 1. The third-order valence-corrected chi connectivity index (χ3v) is 4.33. The molecule has 128 valence electrons. The van der Waals surface area contributed by atoms with E-state index in [2.05, 4.69) is 0 Å². The zero-order valence-corrected chi connectivity index (χ0v) is 14.1. The molecule has 1 aromatic carbocycles. The summed E-state index contributed by atoms with van der Waals surface area (Å²) in [6.07, 6.45) is 4.42. The second-order valence-corrected chi connectivity index (χ2v) is 5.86. The van der Waals surface area contributed by atoms with E-state index in [4.69, 9.17) is 14.2 Å². The largest absolute Gasteiger partial charge is 0.445 e. The molecule has 1 amide bonds. The smallest absolute Gasteiger partial charge is 0.410 e. The molecule has 1 aromatic rings. The van der Waals surface area contributed by atoms with E-state index in [-0.39, 0.29) is 18.4 Å². The van der Waals surface area contributed by atoms with Crippen LogP contribution < -0.4 is 0 Å². The molecule has 23 heavy (non-hydrogen) atoms. The van der Waals surface area contributed by atoms with Gasteiger partial charge in [-0.25, -0.2) is 4.79 Å². The second-order valence-electron chi connectivity index (χ2n) is 5.86. The predicted molar refractivity (Wildman–Crippen MR) is 88.0 cm³/mol. The number of rotatable bonds is 7. The zero-order chi connectivity index (χ0) is 16.5. The van der Waals surface area contributed by atoms with Crippen LogP contribution in [0.3, 0.4) is 0 Å². The van der Waals surface area contributed by atoms with E-state index in [9.17, 15) is 4.79 Å². The highest BCUT2D eigenvalue weighted by Crippen LogP contribution is 2.23. The van der Waals surface area contributed by atoms with Crippen molar-refractivity contribution in [3.63, 3.8) is 0 Å². The van der Waals surface area contributed by atoms with Crippen molar-refractivity contribution in [2.75, 3.05) is 20.8 Å². The van der Waals surface area contributed by atoms with Gasteiger partial charge < -0.3 is 19.1 Å². The first kappa shape index (κ1) is 17.8. The Morgan fingerprint density at radius 2 is 1.96 bits per heavy atom. The maximum atomic E-state index is 12.4. The molecule has 1 atom stereocenters. The monoisotopic (exact) mass is 321 g/mol. The van der Waals surface area contributed by atoms with Crippen LogP contribution in [0.4, 0.5) is 4.79 Å². The van der Waals surface area contributed by atoms with Crippen LogP contribution in [0.5, 0.6) is 0 Å². The van der Waals surface area contributed by atoms with Gasteiger partial charge in [-0.05, 0) is 31.2 Å². The molecule has 0 unspecified atom stereocenters. The normalized spacial score (nSPS) is 18.2. The van der Waals surface area contributed by atoms with Crippen molar-refractivity contribution in [3.05, 3.63) is 35.9 Å². The Hall–Kier alpha value is -1.59. The van der Waals surface area contributed by atoms with Gasteiger partial charge in [0.1, 0.15) is 6.61 Å². The molecule has 0 spiro atoms. The van der Waals surface area contributed by atoms with Gasteiger partial charge >= 0.3 is 6.09 Å². The topological polar surface area (TPSA) is 48.0 Å². The van der Waals surface area contributed by atoms with Gasteiger partial charge in [-0.15, -0.1) is 0 Å². The van der Waals surface area contributed by atoms with Crippen LogP contribution in [0, 0.1) is 0 Å². The van der Waals surface area contributed by atoms with Gasteiger partial charge in [-0.1, -0.05) is 30.3 Å². The summed E-state index contributed by atoms with van der Waals surface area (Å²) in [5.41, 5.74) is 1.01. The number of hydrogen-bond acceptors (Lipinski definition) is 4. The van der Waals surface area contributed by atoms with Crippen LogP contribution in [-0.2, 0) is 20.8 Å². The van der Waals surface area contributed by atoms with Crippen LogP contribution in [0.2, 0.25) is 0 Å². The maximum Gasteiger partial charge on any atom is 0.410 e. The van der Waals surface area contributed by atoms with Crippen molar-refractivity contribution >= 4 is 6.09 Å². The molecule has 0 aromatic heterocycles. The van der Waals surface area contributed by atoms with Gasteiger partial charge in [-0.3, -0.25) is 0 Å². The Labute approximate surface area is 138 Å². The predicted octanol–water partition coefficient (Wildman–Crippen LogP) is 3.58. The first-order chi connectivity index (χ1) is 11.2. The van der Waals surface area contributed by atoms with Gasteiger partial charge in [0.2, 0.25) is 0 Å². The second kappa shape index (κ2) is 9.53. The number of amides is 1. The minimum absolute atomic E-state index is 0.208. The van der Waals surface area contributed by atoms with Crippen LogP contribution in [0.25, 0.3) is 0 Å². The highest BCUT2D eigenvalue weighted by molar-refractivity contribution is 5.68. The lowest BCUT2D eigenvalue weighted by atomic mass is 9.98. The van der Waals surface area contributed by atoms with Gasteiger partial charge in [0.15, 0.2) is 6.29 Å². The Morgan fingerprint density at radius 3 is 2.65 bits per heavy atom. The van der Waals surface area contributed by atoms with Crippen molar-refractivity contribution in [3.8, 4) is 0 Å². The van der Waals surface area contributed by atoms with Crippen molar-refractivity contribution in [2.45, 2.75) is 51.0 Å². The molecule has 0 bridgehead atoms. The molecule has 0 N–H and O–H groups in total. The lowest BCUT2D eigenvalue weighted by Crippen LogP contribution is -2.44. The SMILES string of the molecule is COC(CC[C@@H]1CCCCN1C(=O)OCc1ccccc1)OC. The Morgan fingerprint density at radius 1 is 1.22 bits per heavy atom. The molecule has 1 aliphatic rings. The standard InChI is InChI=1S/C18H27NO4/c1-21-17(22-2)12-11-16-10-6-7-13-19(16)18(20)23-14-15-8-4-3-5-9-15/h3-5,8-9,16-17H,6-7,10-14H2,1-2H3/t16-/m0/s1. The molecule has 0 aliphatic carbocycles. The Balaban J connectivity index is 1.85. The van der Waals surface area contributed by atoms with Crippen molar-refractivity contribution < 1.29 is 19.0 Å². The van der Waals surface area contributed by atoms with E-state index in [0.717, 1.165) is 44.2 Å². The summed E-state index contributed by atoms with van der Waals surface area (Å²) >= 11 is 0. The van der Waals surface area contributed by atoms with Crippen molar-refractivity contribution in [1.29, 1.82) is 0 Å². The highest BCUT2D eigenvalue weighted by atomic mass is 16.7. The average Bonchev–Trinajstić information content (AvgIpc) is 2.62. The molecule has 5 nitrogen and oxygen atoms in total. The fourth-order valence-electron chi connectivity index (χ4n) is 3.00. The first-order valence-corrected chi connectivity index (χ1v) is 8.27. The number of carbonyl (C=O) groups excluding carboxylic acids is 1. The third-order valence-electron chi connectivity index (χ3n) is 4.33. The van der Waals surface area contributed by atoms with E-state index in [0.29, 0.717) is 6.61 Å². The van der Waals surface area contributed by atoms with Crippen LogP contribution >= 0.6 is 0 Å². The van der Waals surface area contributed by atoms with Gasteiger partial charge in [-0.2, -0.15) is 0 Å². The molecular weight excluding hydrogens is 294 g/mol. The maximum absolute atomic E-state index is 12.4. The average molecular weight is 321 g/mol. The summed E-state index contributed by atoms with van der Waals surface area (Å²) in [5, 5.41) is 0. The quantitative estimate of drug-likeness (QED) is 0.720. The summed E-state index contributed by atoms with van der Waals surface area (Å²) in [4.78, 5) is 14.3. The number of ether oxygens (including phenoxy) is 3. The van der Waals surface area contributed by atoms with Crippen LogP contribution in [0.1, 0.15) is 37.7 Å². The minimum atomic E-state index is -0.218. The van der Waals surface area contributed by atoms with E-state index >= 15 is 0 Å². The van der Waals surface area contributed by atoms with Gasteiger partial charge in [0, 0.05) is 33.2 Å². The number of methoxy groups -OCH3 is 2. The molecule has 1 aliphatic heterocycles. The molecule has 0 radical (unpaired) electrons. The molecule has 0 saturated carbocycles. The molecule has 1 heterocycles. The minimum Gasteiger partial charge on any atom is -0.445 e. The van der Waals surface area contributed by atoms with E-state index in [1.54, 1.807) is 14.2 Å². The van der Waals surface area contributed by atoms with Crippen molar-refractivity contribution in [2.24, 2.45) is 0 Å². The highest BCUT2D eigenvalue weighted by Gasteiger charge is 2.28. The van der Waals surface area contributed by atoms with Crippen LogP contribution in [0.15, 0.2) is 30.3 Å². The van der Waals surface area contributed by atoms with E-state index in [1.807, 2.05) is 35.2 Å². The molecule has 2 rings (SSSR count). The van der Waals surface area contributed by atoms with Gasteiger partial charge in [0.05, 0.1) is 0 Å². The summed E-state index contributed by atoms with van der Waals surface area (Å²) in [6.45, 7) is 1.09. The molecule has 1 fully saturated rings. The van der Waals surface area contributed by atoms with Crippen LogP contribution in [-0.4, -0.2) is 44.1 Å². The molecular formula is C18H27NO4. The number of piperidine rings is 1. The van der Waals surface area contributed by atoms with E-state index < -0.39 is 0 Å². The summed E-state index contributed by atoms with van der Waals surface area (Å²) in [5.74, 6) is 0. The summed E-state index contributed by atoms with van der Waals surface area (Å²) < 4.78 is 16.0. The first-order valence-electron chi connectivity index (χ1n) is 8.27. The Kier molecular flexibility index (Phi) is 7.36. The fraction of sp³-hybridized carbons (Fsp3) is 0.611. The lowest BCUT2D eigenvalue weighted by Gasteiger charge is -2.35.